The number of sulfonamides is 1. The van der Waals surface area contributed by atoms with Crippen LogP contribution in [0.4, 0.5) is 0 Å². The molecule has 0 aromatic heterocycles. The second-order valence-corrected chi connectivity index (χ2v) is 7.13. The van der Waals surface area contributed by atoms with Crippen LogP contribution in [0.15, 0.2) is 21.5 Å². The second kappa shape index (κ2) is 6.93. The Morgan fingerprint density at radius 1 is 1.19 bits per heavy atom. The molecule has 0 unspecified atom stereocenters. The van der Waals surface area contributed by atoms with E-state index in [1.165, 1.54) is 33.3 Å². The number of hydrogen-bond acceptors (Lipinski definition) is 6. The van der Waals surface area contributed by atoms with Gasteiger partial charge in [-0.2, -0.15) is 0 Å². The molecule has 9 heteroatoms. The number of nitrogens with one attached hydrogen (secondary N) is 1. The van der Waals surface area contributed by atoms with Crippen molar-refractivity contribution in [3.8, 4) is 11.5 Å². The highest BCUT2D eigenvalue weighted by Gasteiger charge is 2.31. The molecule has 0 radical (unpaired) electrons. The Morgan fingerprint density at radius 2 is 1.67 bits per heavy atom. The van der Waals surface area contributed by atoms with E-state index in [9.17, 15) is 18.6 Å². The van der Waals surface area contributed by atoms with Crippen LogP contribution in [0.5, 0.6) is 11.5 Å². The van der Waals surface area contributed by atoms with E-state index < -0.39 is 28.8 Å². The van der Waals surface area contributed by atoms with Crippen LogP contribution in [0.25, 0.3) is 0 Å². The number of methoxy groups -OCH3 is 2. The lowest BCUT2D eigenvalue weighted by molar-refractivity contribution is 0.121. The number of ether oxygens (including phenoxy) is 2. The average Bonchev–Trinajstić information content (AvgIpc) is 2.45. The Hall–Kier alpha value is -0.870. The highest BCUT2D eigenvalue weighted by molar-refractivity contribution is 9.10. The van der Waals surface area contributed by atoms with Gasteiger partial charge in [0, 0.05) is 10.5 Å². The van der Waals surface area contributed by atoms with Crippen LogP contribution in [0, 0.1) is 0 Å². The molecule has 120 valence electrons. The van der Waals surface area contributed by atoms with Crippen LogP contribution in [0.2, 0.25) is 0 Å². The second-order valence-electron chi connectivity index (χ2n) is 4.62. The van der Waals surface area contributed by atoms with E-state index >= 15 is 0 Å². The fourth-order valence-electron chi connectivity index (χ4n) is 1.54. The molecule has 1 rings (SSSR count). The molecule has 21 heavy (non-hydrogen) atoms. The van der Waals surface area contributed by atoms with E-state index in [1.807, 2.05) is 0 Å². The van der Waals surface area contributed by atoms with Gasteiger partial charge in [-0.05, 0) is 28.9 Å². The van der Waals surface area contributed by atoms with Crippen molar-refractivity contribution in [2.75, 3.05) is 27.4 Å². The molecule has 0 atom stereocenters. The van der Waals surface area contributed by atoms with Gasteiger partial charge in [0.1, 0.15) is 4.90 Å². The number of aliphatic hydroxyl groups is 2. The molecule has 1 aromatic rings. The summed E-state index contributed by atoms with van der Waals surface area (Å²) in [5.74, 6) is 0.617. The SMILES string of the molecule is COc1cc(Br)c(S(=O)(=O)NC(C)(CO)CO)cc1OC. The van der Waals surface area contributed by atoms with Crippen LogP contribution in [-0.4, -0.2) is 51.6 Å². The Balaban J connectivity index is 3.32. The molecular weight excluding hydrogens is 366 g/mol. The topological polar surface area (TPSA) is 105 Å². The summed E-state index contributed by atoms with van der Waals surface area (Å²) in [4.78, 5) is -0.0896. The van der Waals surface area contributed by atoms with Crippen LogP contribution in [0.1, 0.15) is 6.92 Å². The molecule has 0 saturated carbocycles. The third kappa shape index (κ3) is 4.07. The molecule has 0 aliphatic heterocycles. The molecule has 1 aromatic carbocycles. The van der Waals surface area contributed by atoms with E-state index in [0.29, 0.717) is 5.75 Å². The lowest BCUT2D eigenvalue weighted by Gasteiger charge is -2.26. The van der Waals surface area contributed by atoms with Gasteiger partial charge in [0.2, 0.25) is 10.0 Å². The van der Waals surface area contributed by atoms with Gasteiger partial charge in [0.15, 0.2) is 11.5 Å². The zero-order chi connectivity index (χ0) is 16.3. The minimum Gasteiger partial charge on any atom is -0.493 e. The lowest BCUT2D eigenvalue weighted by atomic mass is 10.1. The Labute approximate surface area is 132 Å². The van der Waals surface area contributed by atoms with Gasteiger partial charge in [0.05, 0.1) is 33.0 Å². The summed E-state index contributed by atoms with van der Waals surface area (Å²) in [5.41, 5.74) is -1.37. The highest BCUT2D eigenvalue weighted by Crippen LogP contribution is 2.35. The highest BCUT2D eigenvalue weighted by atomic mass is 79.9. The molecule has 0 heterocycles. The number of benzene rings is 1. The summed E-state index contributed by atoms with van der Waals surface area (Å²) >= 11 is 3.16. The fourth-order valence-corrected chi connectivity index (χ4v) is 3.96. The predicted molar refractivity (Wildman–Crippen MR) is 80.1 cm³/mol. The van der Waals surface area contributed by atoms with Gasteiger partial charge in [-0.1, -0.05) is 0 Å². The molecule has 0 aliphatic carbocycles. The summed E-state index contributed by atoms with van der Waals surface area (Å²) in [6.45, 7) is 0.292. The van der Waals surface area contributed by atoms with Crippen molar-refractivity contribution in [3.63, 3.8) is 0 Å². The quantitative estimate of drug-likeness (QED) is 0.632. The number of rotatable bonds is 7. The molecule has 0 spiro atoms. The number of hydrogen-bond donors (Lipinski definition) is 3. The van der Waals surface area contributed by atoms with Gasteiger partial charge in [-0.3, -0.25) is 0 Å². The summed E-state index contributed by atoms with van der Waals surface area (Å²) in [5, 5.41) is 18.4. The van der Waals surface area contributed by atoms with E-state index in [-0.39, 0.29) is 15.1 Å². The predicted octanol–water partition coefficient (Wildman–Crippen LogP) is 0.488. The van der Waals surface area contributed by atoms with Crippen molar-refractivity contribution in [3.05, 3.63) is 16.6 Å². The maximum absolute atomic E-state index is 12.4. The van der Waals surface area contributed by atoms with Crippen molar-refractivity contribution >= 4 is 26.0 Å². The van der Waals surface area contributed by atoms with Crippen molar-refractivity contribution in [2.45, 2.75) is 17.4 Å². The molecule has 0 saturated heterocycles. The third-order valence-corrected chi connectivity index (χ3v) is 5.40. The normalized spacial score (nSPS) is 12.3. The van der Waals surface area contributed by atoms with Crippen LogP contribution in [0.3, 0.4) is 0 Å². The third-order valence-electron chi connectivity index (χ3n) is 2.81. The zero-order valence-corrected chi connectivity index (χ0v) is 14.3. The van der Waals surface area contributed by atoms with Crippen LogP contribution < -0.4 is 14.2 Å². The summed E-state index contributed by atoms with van der Waals surface area (Å²) in [6, 6.07) is 2.75. The van der Waals surface area contributed by atoms with Crippen molar-refractivity contribution in [1.29, 1.82) is 0 Å². The van der Waals surface area contributed by atoms with Crippen molar-refractivity contribution in [1.82, 2.24) is 4.72 Å². The molecule has 0 amide bonds. The first-order valence-electron chi connectivity index (χ1n) is 5.90. The largest absolute Gasteiger partial charge is 0.493 e. The first-order chi connectivity index (χ1) is 9.72. The number of aliphatic hydroxyl groups excluding tert-OH is 2. The maximum atomic E-state index is 12.4. The smallest absolute Gasteiger partial charge is 0.242 e. The first kappa shape index (κ1) is 18.2. The number of halogens is 1. The zero-order valence-electron chi connectivity index (χ0n) is 11.9. The first-order valence-corrected chi connectivity index (χ1v) is 8.18. The molecular formula is C12H18BrNO6S. The summed E-state index contributed by atoms with van der Waals surface area (Å²) in [7, 11) is -1.16. The molecule has 7 nitrogen and oxygen atoms in total. The van der Waals surface area contributed by atoms with Gasteiger partial charge < -0.3 is 19.7 Å². The van der Waals surface area contributed by atoms with Crippen molar-refractivity contribution in [2.24, 2.45) is 0 Å². The van der Waals surface area contributed by atoms with E-state index in [2.05, 4.69) is 20.7 Å². The van der Waals surface area contributed by atoms with Gasteiger partial charge in [-0.15, -0.1) is 0 Å². The lowest BCUT2D eigenvalue weighted by Crippen LogP contribution is -2.51. The van der Waals surface area contributed by atoms with E-state index in [1.54, 1.807) is 0 Å². The molecule has 0 aliphatic rings. The van der Waals surface area contributed by atoms with Crippen LogP contribution >= 0.6 is 15.9 Å². The van der Waals surface area contributed by atoms with E-state index in [0.717, 1.165) is 0 Å². The molecule has 3 N–H and O–H groups in total. The van der Waals surface area contributed by atoms with Crippen LogP contribution in [-0.2, 0) is 10.0 Å². The molecule has 0 bridgehead atoms. The summed E-state index contributed by atoms with van der Waals surface area (Å²) in [6.07, 6.45) is 0. The van der Waals surface area contributed by atoms with Gasteiger partial charge in [0.25, 0.3) is 0 Å². The average molecular weight is 384 g/mol. The Morgan fingerprint density at radius 3 is 2.10 bits per heavy atom. The maximum Gasteiger partial charge on any atom is 0.242 e. The summed E-state index contributed by atoms with van der Waals surface area (Å²) < 4.78 is 37.5. The standard InChI is InChI=1S/C12H18BrNO6S/c1-12(6-15,7-16)14-21(17,18)11-5-10(20-3)9(19-2)4-8(11)13/h4-5,14-16H,6-7H2,1-3H3. The monoisotopic (exact) mass is 383 g/mol. The molecule has 0 fully saturated rings. The van der Waals surface area contributed by atoms with Gasteiger partial charge in [-0.25, -0.2) is 13.1 Å². The minimum absolute atomic E-state index is 0.0896. The minimum atomic E-state index is -3.98. The van der Waals surface area contributed by atoms with E-state index in [4.69, 9.17) is 9.47 Å². The Bertz CT molecular complexity index is 600. The fraction of sp³-hybridized carbons (Fsp3) is 0.500. The van der Waals surface area contributed by atoms with Crippen molar-refractivity contribution < 1.29 is 28.1 Å². The Kier molecular flexibility index (Phi) is 6.00. The van der Waals surface area contributed by atoms with Gasteiger partial charge >= 0.3 is 0 Å².